The highest BCUT2D eigenvalue weighted by atomic mass is 79.9. The molecule has 2 heteroatoms. The molecule has 0 nitrogen and oxygen atoms in total. The molecule has 17 heavy (non-hydrogen) atoms. The number of thiophene rings is 1. The molecular formula is C15H17BrS. The van der Waals surface area contributed by atoms with E-state index in [9.17, 15) is 0 Å². The van der Waals surface area contributed by atoms with Gasteiger partial charge < -0.3 is 0 Å². The highest BCUT2D eigenvalue weighted by Crippen LogP contribution is 2.34. The molecule has 0 radical (unpaired) electrons. The topological polar surface area (TPSA) is 0 Å². The molecule has 2 aromatic rings. The average Bonchev–Trinajstić information content (AvgIpc) is 2.80. The normalized spacial score (nSPS) is 12.6. The molecule has 90 valence electrons. The fourth-order valence-corrected chi connectivity index (χ4v) is 3.98. The van der Waals surface area contributed by atoms with Gasteiger partial charge in [-0.25, -0.2) is 0 Å². The van der Waals surface area contributed by atoms with Crippen LogP contribution < -0.4 is 0 Å². The van der Waals surface area contributed by atoms with Gasteiger partial charge in [-0.15, -0.1) is 11.3 Å². The maximum Gasteiger partial charge on any atom is 0.0532 e. The van der Waals surface area contributed by atoms with Gasteiger partial charge in [0, 0.05) is 4.88 Å². The summed E-state index contributed by atoms with van der Waals surface area (Å²) in [5.74, 6) is 0. The van der Waals surface area contributed by atoms with Crippen LogP contribution in [0.4, 0.5) is 0 Å². The largest absolute Gasteiger partial charge is 0.147 e. The first-order chi connectivity index (χ1) is 8.22. The standard InChI is InChI=1S/C15H17BrS/c1-3-12-8-9-17-15(12)14(16)10-13-7-5-4-6-11(13)2/h4-9,14H,3,10H2,1-2H3. The molecule has 1 heterocycles. The summed E-state index contributed by atoms with van der Waals surface area (Å²) in [5, 5.41) is 2.19. The monoisotopic (exact) mass is 308 g/mol. The second kappa shape index (κ2) is 5.83. The molecule has 0 aliphatic heterocycles. The Morgan fingerprint density at radius 2 is 1.94 bits per heavy atom. The van der Waals surface area contributed by atoms with Gasteiger partial charge in [0.05, 0.1) is 4.83 Å². The minimum Gasteiger partial charge on any atom is -0.147 e. The minimum atomic E-state index is 0.443. The predicted molar refractivity (Wildman–Crippen MR) is 80.2 cm³/mol. The number of hydrogen-bond donors (Lipinski definition) is 0. The molecule has 1 atom stereocenters. The van der Waals surface area contributed by atoms with Crippen molar-refractivity contribution in [3.05, 3.63) is 57.3 Å². The lowest BCUT2D eigenvalue weighted by Gasteiger charge is -2.12. The fraction of sp³-hybridized carbons (Fsp3) is 0.333. The van der Waals surface area contributed by atoms with Crippen molar-refractivity contribution < 1.29 is 0 Å². The van der Waals surface area contributed by atoms with Gasteiger partial charge in [-0.3, -0.25) is 0 Å². The van der Waals surface area contributed by atoms with E-state index in [0.29, 0.717) is 4.83 Å². The summed E-state index contributed by atoms with van der Waals surface area (Å²) in [6.07, 6.45) is 2.19. The van der Waals surface area contributed by atoms with E-state index in [2.05, 4.69) is 65.5 Å². The van der Waals surface area contributed by atoms with Crippen LogP contribution in [-0.4, -0.2) is 0 Å². The van der Waals surface area contributed by atoms with Crippen LogP contribution in [0, 0.1) is 6.92 Å². The van der Waals surface area contributed by atoms with Crippen LogP contribution in [0.15, 0.2) is 35.7 Å². The Balaban J connectivity index is 2.17. The van der Waals surface area contributed by atoms with E-state index in [-0.39, 0.29) is 0 Å². The van der Waals surface area contributed by atoms with Gasteiger partial charge in [-0.1, -0.05) is 47.1 Å². The maximum atomic E-state index is 3.84. The Hall–Kier alpha value is -0.600. The fourth-order valence-electron chi connectivity index (χ4n) is 2.04. The third-order valence-electron chi connectivity index (χ3n) is 3.11. The average molecular weight is 309 g/mol. The first-order valence-corrected chi connectivity index (χ1v) is 7.76. The van der Waals surface area contributed by atoms with Crippen molar-refractivity contribution in [1.82, 2.24) is 0 Å². The molecule has 1 unspecified atom stereocenters. The summed E-state index contributed by atoms with van der Waals surface area (Å²) >= 11 is 5.70. The summed E-state index contributed by atoms with van der Waals surface area (Å²) < 4.78 is 0. The van der Waals surface area contributed by atoms with Crippen LogP contribution in [0.3, 0.4) is 0 Å². The van der Waals surface area contributed by atoms with Crippen LogP contribution in [0.25, 0.3) is 0 Å². The number of alkyl halides is 1. The van der Waals surface area contributed by atoms with Gasteiger partial charge in [-0.05, 0) is 47.9 Å². The van der Waals surface area contributed by atoms with Crippen molar-refractivity contribution in [3.63, 3.8) is 0 Å². The van der Waals surface area contributed by atoms with Crippen LogP contribution in [0.1, 0.15) is 33.3 Å². The molecule has 0 amide bonds. The Morgan fingerprint density at radius 1 is 1.18 bits per heavy atom. The molecule has 0 aliphatic rings. The molecule has 0 bridgehead atoms. The van der Waals surface area contributed by atoms with E-state index in [1.54, 1.807) is 0 Å². The number of halogens is 1. The molecule has 0 saturated heterocycles. The van der Waals surface area contributed by atoms with Gasteiger partial charge in [-0.2, -0.15) is 0 Å². The Kier molecular flexibility index (Phi) is 4.41. The van der Waals surface area contributed by atoms with Crippen LogP contribution >= 0.6 is 27.3 Å². The van der Waals surface area contributed by atoms with Crippen molar-refractivity contribution in [3.8, 4) is 0 Å². The molecule has 0 fully saturated rings. The van der Waals surface area contributed by atoms with Crippen molar-refractivity contribution in [2.75, 3.05) is 0 Å². The lowest BCUT2D eigenvalue weighted by atomic mass is 10.0. The highest BCUT2D eigenvalue weighted by molar-refractivity contribution is 9.09. The molecule has 1 aromatic carbocycles. The van der Waals surface area contributed by atoms with Crippen LogP contribution in [-0.2, 0) is 12.8 Å². The molecular weight excluding hydrogens is 292 g/mol. The van der Waals surface area contributed by atoms with Crippen molar-refractivity contribution in [2.45, 2.75) is 31.5 Å². The van der Waals surface area contributed by atoms with Crippen molar-refractivity contribution in [2.24, 2.45) is 0 Å². The Morgan fingerprint density at radius 3 is 2.65 bits per heavy atom. The molecule has 0 aliphatic carbocycles. The molecule has 0 saturated carbocycles. The second-order valence-corrected chi connectivity index (χ2v) is 6.31. The SMILES string of the molecule is CCc1ccsc1C(Br)Cc1ccccc1C. The van der Waals surface area contributed by atoms with Crippen molar-refractivity contribution in [1.29, 1.82) is 0 Å². The summed E-state index contributed by atoms with van der Waals surface area (Å²) in [6, 6.07) is 10.9. The number of aryl methyl sites for hydroxylation is 2. The second-order valence-electron chi connectivity index (χ2n) is 4.26. The molecule has 0 spiro atoms. The lowest BCUT2D eigenvalue weighted by molar-refractivity contribution is 0.936. The van der Waals surface area contributed by atoms with Crippen LogP contribution in [0.5, 0.6) is 0 Å². The zero-order valence-electron chi connectivity index (χ0n) is 10.2. The zero-order valence-corrected chi connectivity index (χ0v) is 12.6. The van der Waals surface area contributed by atoms with Gasteiger partial charge in [0.15, 0.2) is 0 Å². The smallest absolute Gasteiger partial charge is 0.0532 e. The first kappa shape index (κ1) is 12.8. The first-order valence-electron chi connectivity index (χ1n) is 5.97. The lowest BCUT2D eigenvalue weighted by Crippen LogP contribution is -1.97. The summed E-state index contributed by atoms with van der Waals surface area (Å²) in [7, 11) is 0. The number of hydrogen-bond acceptors (Lipinski definition) is 1. The molecule has 1 aromatic heterocycles. The van der Waals surface area contributed by atoms with E-state index < -0.39 is 0 Å². The van der Waals surface area contributed by atoms with Gasteiger partial charge >= 0.3 is 0 Å². The maximum absolute atomic E-state index is 3.84. The third-order valence-corrected chi connectivity index (χ3v) is 5.26. The zero-order chi connectivity index (χ0) is 12.3. The van der Waals surface area contributed by atoms with Gasteiger partial charge in [0.25, 0.3) is 0 Å². The van der Waals surface area contributed by atoms with Gasteiger partial charge in [0.1, 0.15) is 0 Å². The Labute approximate surface area is 116 Å². The van der Waals surface area contributed by atoms with E-state index >= 15 is 0 Å². The van der Waals surface area contributed by atoms with E-state index in [0.717, 1.165) is 12.8 Å². The predicted octanol–water partition coefficient (Wildman–Crippen LogP) is 5.30. The molecule has 0 N–H and O–H groups in total. The van der Waals surface area contributed by atoms with Gasteiger partial charge in [0.2, 0.25) is 0 Å². The van der Waals surface area contributed by atoms with Crippen LogP contribution in [0.2, 0.25) is 0 Å². The third kappa shape index (κ3) is 2.99. The number of rotatable bonds is 4. The quantitative estimate of drug-likeness (QED) is 0.673. The summed E-state index contributed by atoms with van der Waals surface area (Å²) in [6.45, 7) is 4.41. The number of benzene rings is 1. The Bertz CT molecular complexity index is 487. The highest BCUT2D eigenvalue weighted by Gasteiger charge is 2.14. The van der Waals surface area contributed by atoms with E-state index in [1.807, 2.05) is 11.3 Å². The van der Waals surface area contributed by atoms with E-state index in [4.69, 9.17) is 0 Å². The summed E-state index contributed by atoms with van der Waals surface area (Å²) in [5.41, 5.74) is 4.29. The minimum absolute atomic E-state index is 0.443. The van der Waals surface area contributed by atoms with E-state index in [1.165, 1.54) is 21.6 Å². The van der Waals surface area contributed by atoms with Crippen molar-refractivity contribution >= 4 is 27.3 Å². The summed E-state index contributed by atoms with van der Waals surface area (Å²) in [4.78, 5) is 1.93. The molecule has 2 rings (SSSR count).